The highest BCUT2D eigenvalue weighted by Gasteiger charge is 2.44. The Morgan fingerprint density at radius 3 is 2.71 bits per heavy atom. The number of aliphatic hydroxyl groups excluding tert-OH is 3. The second-order valence-corrected chi connectivity index (χ2v) is 3.45. The Morgan fingerprint density at radius 1 is 1.35 bits per heavy atom. The number of nitrogens with zero attached hydrogens (tertiary/aromatic N) is 3. The minimum Gasteiger partial charge on any atom is -0.430 e. The number of aliphatic hydroxyl groups is 3. The molecule has 1 fully saturated rings. The van der Waals surface area contributed by atoms with Crippen molar-refractivity contribution in [2.24, 2.45) is 0 Å². The van der Waals surface area contributed by atoms with Crippen molar-refractivity contribution in [3.8, 4) is 6.01 Å². The van der Waals surface area contributed by atoms with Crippen LogP contribution < -0.4 is 10.5 Å². The van der Waals surface area contributed by atoms with Gasteiger partial charge in [0.05, 0.1) is 6.61 Å². The van der Waals surface area contributed by atoms with Crippen LogP contribution >= 0.6 is 0 Å². The minimum absolute atomic E-state index is 0.0401. The van der Waals surface area contributed by atoms with Crippen LogP contribution in [0.25, 0.3) is 0 Å². The lowest BCUT2D eigenvalue weighted by Gasteiger charge is -2.14. The second kappa shape index (κ2) is 4.75. The normalized spacial score (nSPS) is 32.6. The molecule has 1 aliphatic heterocycles. The molecule has 9 nitrogen and oxygen atoms in total. The number of hydrogen-bond acceptors (Lipinski definition) is 9. The molecule has 0 bridgehead atoms. The lowest BCUT2D eigenvalue weighted by molar-refractivity contribution is -0.120. The topological polar surface area (TPSA) is 144 Å². The molecule has 0 aromatic carbocycles. The van der Waals surface area contributed by atoms with Crippen molar-refractivity contribution >= 4 is 5.95 Å². The third-order valence-electron chi connectivity index (χ3n) is 2.29. The monoisotopic (exact) mass is 244 g/mol. The summed E-state index contributed by atoms with van der Waals surface area (Å²) in [6.07, 6.45) is -3.47. The predicted octanol–water partition coefficient (Wildman–Crippen LogP) is -2.73. The van der Waals surface area contributed by atoms with Crippen molar-refractivity contribution < 1.29 is 24.8 Å². The van der Waals surface area contributed by atoms with Gasteiger partial charge < -0.3 is 30.5 Å². The molecule has 1 saturated heterocycles. The van der Waals surface area contributed by atoms with Gasteiger partial charge in [-0.3, -0.25) is 0 Å². The summed E-state index contributed by atoms with van der Waals surface area (Å²) in [5.41, 5.74) is 5.31. The van der Waals surface area contributed by atoms with Gasteiger partial charge in [-0.15, -0.1) is 0 Å². The zero-order valence-electron chi connectivity index (χ0n) is 8.67. The molecule has 0 spiro atoms. The quantitative estimate of drug-likeness (QED) is 0.445. The van der Waals surface area contributed by atoms with Crippen molar-refractivity contribution in [3.05, 3.63) is 6.33 Å². The number of hydrogen-bond donors (Lipinski definition) is 4. The first-order valence-electron chi connectivity index (χ1n) is 4.85. The van der Waals surface area contributed by atoms with Crippen LogP contribution in [0.2, 0.25) is 0 Å². The summed E-state index contributed by atoms with van der Waals surface area (Å²) in [5.74, 6) is -0.0401. The van der Waals surface area contributed by atoms with E-state index in [9.17, 15) is 10.2 Å². The van der Waals surface area contributed by atoms with Crippen LogP contribution in [0.3, 0.4) is 0 Å². The van der Waals surface area contributed by atoms with Gasteiger partial charge in [0.2, 0.25) is 12.2 Å². The fraction of sp³-hybridized carbons (Fsp3) is 0.625. The molecule has 1 unspecified atom stereocenters. The number of anilines is 1. The van der Waals surface area contributed by atoms with E-state index in [-0.39, 0.29) is 12.0 Å². The van der Waals surface area contributed by atoms with Crippen molar-refractivity contribution in [1.82, 2.24) is 15.0 Å². The fourth-order valence-electron chi connectivity index (χ4n) is 1.42. The van der Waals surface area contributed by atoms with E-state index >= 15 is 0 Å². The Balaban J connectivity index is 2.05. The Kier molecular flexibility index (Phi) is 3.33. The molecule has 9 heteroatoms. The fourth-order valence-corrected chi connectivity index (χ4v) is 1.42. The molecule has 5 N–H and O–H groups in total. The smallest absolute Gasteiger partial charge is 0.323 e. The zero-order valence-corrected chi connectivity index (χ0v) is 8.67. The SMILES string of the molecule is Nc1ncnc(OC2O[C@H](CO)[C@@H](O)[C@H]2O)n1. The number of ether oxygens (including phenoxy) is 2. The maximum absolute atomic E-state index is 9.58. The molecule has 2 rings (SSSR count). The average molecular weight is 244 g/mol. The van der Waals surface area contributed by atoms with Gasteiger partial charge in [0.1, 0.15) is 24.6 Å². The molecule has 1 aromatic rings. The lowest BCUT2D eigenvalue weighted by atomic mass is 10.1. The van der Waals surface area contributed by atoms with E-state index in [1.807, 2.05) is 0 Å². The first kappa shape index (κ1) is 11.9. The average Bonchev–Trinajstić information content (AvgIpc) is 2.57. The van der Waals surface area contributed by atoms with Crippen molar-refractivity contribution in [2.45, 2.75) is 24.6 Å². The summed E-state index contributed by atoms with van der Waals surface area (Å²) in [6.45, 7) is -0.433. The molecule has 2 heterocycles. The van der Waals surface area contributed by atoms with Crippen LogP contribution in [-0.4, -0.2) is 61.5 Å². The van der Waals surface area contributed by atoms with Crippen LogP contribution in [-0.2, 0) is 4.74 Å². The van der Waals surface area contributed by atoms with Crippen LogP contribution in [0.1, 0.15) is 0 Å². The summed E-state index contributed by atoms with van der Waals surface area (Å²) in [7, 11) is 0. The van der Waals surface area contributed by atoms with Gasteiger partial charge in [-0.1, -0.05) is 0 Å². The highest BCUT2D eigenvalue weighted by molar-refractivity contribution is 5.14. The Bertz CT molecular complexity index is 392. The summed E-state index contributed by atoms with van der Waals surface area (Å²) >= 11 is 0. The lowest BCUT2D eigenvalue weighted by Crippen LogP contribution is -2.35. The second-order valence-electron chi connectivity index (χ2n) is 3.45. The summed E-state index contributed by atoms with van der Waals surface area (Å²) in [6, 6.07) is -0.132. The summed E-state index contributed by atoms with van der Waals surface area (Å²) in [4.78, 5) is 10.9. The van der Waals surface area contributed by atoms with Gasteiger partial charge in [0.25, 0.3) is 0 Å². The summed E-state index contributed by atoms with van der Waals surface area (Å²) in [5, 5.41) is 27.9. The standard InChI is InChI=1S/C8H12N4O5/c9-7-10-2-11-8(12-7)17-6-5(15)4(14)3(1-13)16-6/h2-6,13-15H,1H2,(H2,9,10,11,12)/t3-,4-,5-,6?/m1/s1. The van der Waals surface area contributed by atoms with E-state index in [4.69, 9.17) is 20.3 Å². The molecule has 0 saturated carbocycles. The van der Waals surface area contributed by atoms with E-state index in [1.165, 1.54) is 0 Å². The van der Waals surface area contributed by atoms with Gasteiger partial charge in [0.15, 0.2) is 0 Å². The maximum Gasteiger partial charge on any atom is 0.323 e. The highest BCUT2D eigenvalue weighted by atomic mass is 16.7. The number of nitrogens with two attached hydrogens (primary N) is 1. The van der Waals surface area contributed by atoms with E-state index in [2.05, 4.69) is 15.0 Å². The number of nitrogen functional groups attached to an aromatic ring is 1. The van der Waals surface area contributed by atoms with E-state index in [1.54, 1.807) is 0 Å². The highest BCUT2D eigenvalue weighted by Crippen LogP contribution is 2.22. The molecule has 17 heavy (non-hydrogen) atoms. The third-order valence-corrected chi connectivity index (χ3v) is 2.29. The van der Waals surface area contributed by atoms with Crippen molar-refractivity contribution in [3.63, 3.8) is 0 Å². The molecule has 94 valence electrons. The minimum atomic E-state index is -1.30. The van der Waals surface area contributed by atoms with Crippen molar-refractivity contribution in [2.75, 3.05) is 12.3 Å². The van der Waals surface area contributed by atoms with E-state index in [0.29, 0.717) is 0 Å². The predicted molar refractivity (Wildman–Crippen MR) is 52.6 cm³/mol. The van der Waals surface area contributed by atoms with E-state index < -0.39 is 31.2 Å². The van der Waals surface area contributed by atoms with Crippen LogP contribution in [0.4, 0.5) is 5.95 Å². The third kappa shape index (κ3) is 2.42. The molecular weight excluding hydrogens is 232 g/mol. The van der Waals surface area contributed by atoms with E-state index in [0.717, 1.165) is 6.33 Å². The first-order valence-corrected chi connectivity index (χ1v) is 4.85. The van der Waals surface area contributed by atoms with Gasteiger partial charge in [-0.25, -0.2) is 4.98 Å². The van der Waals surface area contributed by atoms with Crippen molar-refractivity contribution in [1.29, 1.82) is 0 Å². The molecule has 0 radical (unpaired) electrons. The van der Waals surface area contributed by atoms with Crippen LogP contribution in [0.15, 0.2) is 6.33 Å². The van der Waals surface area contributed by atoms with Crippen LogP contribution in [0, 0.1) is 0 Å². The molecule has 1 aliphatic rings. The Labute approximate surface area is 95.9 Å². The molecule has 0 aliphatic carbocycles. The van der Waals surface area contributed by atoms with Gasteiger partial charge in [0, 0.05) is 0 Å². The van der Waals surface area contributed by atoms with Gasteiger partial charge in [-0.05, 0) is 0 Å². The first-order chi connectivity index (χ1) is 8.11. The largest absolute Gasteiger partial charge is 0.430 e. The maximum atomic E-state index is 9.58. The van der Waals surface area contributed by atoms with Gasteiger partial charge in [-0.2, -0.15) is 9.97 Å². The Hall–Kier alpha value is -1.55. The Morgan fingerprint density at radius 2 is 2.12 bits per heavy atom. The van der Waals surface area contributed by atoms with Crippen LogP contribution in [0.5, 0.6) is 6.01 Å². The summed E-state index contributed by atoms with van der Waals surface area (Å²) < 4.78 is 10.2. The van der Waals surface area contributed by atoms with Gasteiger partial charge >= 0.3 is 6.01 Å². The number of rotatable bonds is 3. The molecule has 4 atom stereocenters. The molecule has 1 aromatic heterocycles. The zero-order chi connectivity index (χ0) is 12.4. The molecular formula is C8H12N4O5. The number of aromatic nitrogens is 3. The molecule has 0 amide bonds.